The molecule has 1 aliphatic carbocycles. The van der Waals surface area contributed by atoms with Gasteiger partial charge in [0.2, 0.25) is 0 Å². The van der Waals surface area contributed by atoms with E-state index >= 15 is 0 Å². The van der Waals surface area contributed by atoms with Crippen molar-refractivity contribution in [3.63, 3.8) is 0 Å². The largest absolute Gasteiger partial charge is 0.598 e. The minimum Gasteiger partial charge on any atom is -0.598 e. The van der Waals surface area contributed by atoms with Gasteiger partial charge in [0.05, 0.1) is 6.04 Å². The van der Waals surface area contributed by atoms with Crippen molar-refractivity contribution in [1.82, 2.24) is 4.72 Å². The zero-order chi connectivity index (χ0) is 13.3. The molecule has 0 saturated heterocycles. The van der Waals surface area contributed by atoms with Crippen LogP contribution in [-0.2, 0) is 11.4 Å². The lowest BCUT2D eigenvalue weighted by Crippen LogP contribution is -2.45. The van der Waals surface area contributed by atoms with E-state index < -0.39 is 28.7 Å². The van der Waals surface area contributed by atoms with Crippen LogP contribution >= 0.6 is 0 Å². The third-order valence-electron chi connectivity index (χ3n) is 2.74. The summed E-state index contributed by atoms with van der Waals surface area (Å²) in [5.74, 6) is 0.267. The molecule has 1 rings (SSSR count). The van der Waals surface area contributed by atoms with Crippen LogP contribution in [0.15, 0.2) is 0 Å². The smallest absolute Gasteiger partial charge is 0.389 e. The van der Waals surface area contributed by atoms with Crippen molar-refractivity contribution >= 4 is 11.4 Å². The Labute approximate surface area is 104 Å². The van der Waals surface area contributed by atoms with Crippen LogP contribution in [0.5, 0.6) is 0 Å². The van der Waals surface area contributed by atoms with Gasteiger partial charge in [0.25, 0.3) is 0 Å². The third kappa shape index (κ3) is 5.97. The second-order valence-corrected chi connectivity index (χ2v) is 7.59. The Bertz CT molecular complexity index is 248. The summed E-state index contributed by atoms with van der Waals surface area (Å²) in [6.45, 7) is 5.43. The molecule has 0 heterocycles. The molecular weight excluding hydrogens is 251 g/mol. The summed E-state index contributed by atoms with van der Waals surface area (Å²) in [5.41, 5.74) is 0. The number of hydrogen-bond acceptors (Lipinski definition) is 2. The highest BCUT2D eigenvalue weighted by atomic mass is 32.2. The molecule has 1 saturated carbocycles. The first-order chi connectivity index (χ1) is 7.59. The van der Waals surface area contributed by atoms with Crippen molar-refractivity contribution in [3.8, 4) is 0 Å². The minimum absolute atomic E-state index is 0.0238. The van der Waals surface area contributed by atoms with Crippen molar-refractivity contribution in [3.05, 3.63) is 0 Å². The Hall–Kier alpha value is 0.0600. The van der Waals surface area contributed by atoms with E-state index in [1.54, 1.807) is 0 Å². The van der Waals surface area contributed by atoms with Crippen LogP contribution in [0.4, 0.5) is 13.2 Å². The highest BCUT2D eigenvalue weighted by Crippen LogP contribution is 2.37. The standard InChI is InChI=1S/C11H20F3NOS/c1-10(2,3)17(16)15-9(8-4-5-8)6-7-11(12,13)14/h8-9,15H,4-7H2,1-3H3. The first kappa shape index (κ1) is 15.1. The summed E-state index contributed by atoms with van der Waals surface area (Å²) >= 11 is -1.29. The van der Waals surface area contributed by atoms with Gasteiger partial charge < -0.3 is 4.55 Å². The fourth-order valence-electron chi connectivity index (χ4n) is 1.52. The van der Waals surface area contributed by atoms with Gasteiger partial charge in [0, 0.05) is 17.8 Å². The van der Waals surface area contributed by atoms with Crippen LogP contribution in [0.1, 0.15) is 46.5 Å². The summed E-state index contributed by atoms with van der Waals surface area (Å²) in [5, 5.41) is 0. The highest BCUT2D eigenvalue weighted by molar-refractivity contribution is 7.90. The summed E-state index contributed by atoms with van der Waals surface area (Å²) in [6.07, 6.45) is -3.02. The van der Waals surface area contributed by atoms with E-state index in [1.165, 1.54) is 0 Å². The molecule has 1 aliphatic rings. The number of halogens is 3. The molecular formula is C11H20F3NOS. The van der Waals surface area contributed by atoms with Crippen molar-refractivity contribution in [1.29, 1.82) is 0 Å². The second kappa shape index (κ2) is 5.36. The molecule has 0 amide bonds. The normalized spacial score (nSPS) is 21.4. The lowest BCUT2D eigenvalue weighted by Gasteiger charge is -2.28. The summed E-state index contributed by atoms with van der Waals surface area (Å²) in [7, 11) is 0. The average molecular weight is 271 g/mol. The van der Waals surface area contributed by atoms with E-state index in [0.717, 1.165) is 12.8 Å². The second-order valence-electron chi connectivity index (χ2n) is 5.60. The molecule has 2 atom stereocenters. The number of hydrogen-bond donors (Lipinski definition) is 1. The Morgan fingerprint density at radius 2 is 1.82 bits per heavy atom. The first-order valence-electron chi connectivity index (χ1n) is 5.84. The lowest BCUT2D eigenvalue weighted by atomic mass is 10.1. The van der Waals surface area contributed by atoms with E-state index in [2.05, 4.69) is 4.72 Å². The molecule has 0 spiro atoms. The molecule has 17 heavy (non-hydrogen) atoms. The Morgan fingerprint density at radius 1 is 1.29 bits per heavy atom. The van der Waals surface area contributed by atoms with Gasteiger partial charge in [-0.05, 0) is 46.0 Å². The van der Waals surface area contributed by atoms with Crippen LogP contribution in [0.2, 0.25) is 0 Å². The molecule has 0 aromatic heterocycles. The zero-order valence-corrected chi connectivity index (χ0v) is 11.3. The van der Waals surface area contributed by atoms with E-state index in [4.69, 9.17) is 0 Å². The number of nitrogens with one attached hydrogen (secondary N) is 1. The molecule has 0 aromatic carbocycles. The summed E-state index contributed by atoms with van der Waals surface area (Å²) < 4.78 is 50.8. The molecule has 2 nitrogen and oxygen atoms in total. The number of rotatable bonds is 5. The molecule has 0 radical (unpaired) electrons. The van der Waals surface area contributed by atoms with Gasteiger partial charge in [-0.2, -0.15) is 13.2 Å². The van der Waals surface area contributed by atoms with Gasteiger partial charge in [-0.3, -0.25) is 0 Å². The predicted octanol–water partition coefficient (Wildman–Crippen LogP) is 3.16. The topological polar surface area (TPSA) is 35.1 Å². The monoisotopic (exact) mass is 271 g/mol. The molecule has 1 N–H and O–H groups in total. The van der Waals surface area contributed by atoms with Crippen LogP contribution in [0.25, 0.3) is 0 Å². The van der Waals surface area contributed by atoms with Crippen molar-refractivity contribution in [2.75, 3.05) is 0 Å². The maximum atomic E-state index is 12.2. The van der Waals surface area contributed by atoms with Gasteiger partial charge in [0.1, 0.15) is 4.75 Å². The molecule has 0 bridgehead atoms. The Kier molecular flexibility index (Phi) is 4.77. The molecule has 0 aromatic rings. The van der Waals surface area contributed by atoms with Crippen molar-refractivity contribution in [2.24, 2.45) is 5.92 Å². The fourth-order valence-corrected chi connectivity index (χ4v) is 2.46. The van der Waals surface area contributed by atoms with E-state index in [-0.39, 0.29) is 18.4 Å². The molecule has 6 heteroatoms. The maximum absolute atomic E-state index is 12.2. The molecule has 102 valence electrons. The maximum Gasteiger partial charge on any atom is 0.389 e. The van der Waals surface area contributed by atoms with Crippen LogP contribution in [0, 0.1) is 5.92 Å². The SMILES string of the molecule is CC(C)(C)[S+]([O-])NC(CCC(F)(F)F)C1CC1. The van der Waals surface area contributed by atoms with Gasteiger partial charge in [-0.15, -0.1) is 4.72 Å². The third-order valence-corrected chi connectivity index (χ3v) is 4.37. The Balaban J connectivity index is 2.44. The quantitative estimate of drug-likeness (QED) is 0.780. The highest BCUT2D eigenvalue weighted by Gasteiger charge is 2.39. The molecule has 0 aliphatic heterocycles. The van der Waals surface area contributed by atoms with Crippen molar-refractivity contribution in [2.45, 2.75) is 63.4 Å². The fraction of sp³-hybridized carbons (Fsp3) is 1.00. The molecule has 1 fully saturated rings. The average Bonchev–Trinajstić information content (AvgIpc) is 2.91. The summed E-state index contributed by atoms with van der Waals surface area (Å²) in [6, 6.07) is -0.267. The van der Waals surface area contributed by atoms with Crippen LogP contribution in [-0.4, -0.2) is 21.5 Å². The van der Waals surface area contributed by atoms with Gasteiger partial charge in [0.15, 0.2) is 0 Å². The number of alkyl halides is 3. The first-order valence-corrected chi connectivity index (χ1v) is 6.99. The predicted molar refractivity (Wildman–Crippen MR) is 62.8 cm³/mol. The minimum atomic E-state index is -4.13. The Morgan fingerprint density at radius 3 is 2.18 bits per heavy atom. The van der Waals surface area contributed by atoms with Gasteiger partial charge in [-0.1, -0.05) is 0 Å². The van der Waals surface area contributed by atoms with Crippen LogP contribution in [0.3, 0.4) is 0 Å². The van der Waals surface area contributed by atoms with E-state index in [9.17, 15) is 17.7 Å². The van der Waals surface area contributed by atoms with Crippen LogP contribution < -0.4 is 4.72 Å². The molecule has 2 unspecified atom stereocenters. The van der Waals surface area contributed by atoms with Gasteiger partial charge in [-0.25, -0.2) is 0 Å². The lowest BCUT2D eigenvalue weighted by molar-refractivity contribution is -0.136. The van der Waals surface area contributed by atoms with Crippen molar-refractivity contribution < 1.29 is 17.7 Å². The van der Waals surface area contributed by atoms with Gasteiger partial charge >= 0.3 is 6.18 Å². The zero-order valence-electron chi connectivity index (χ0n) is 10.4. The van der Waals surface area contributed by atoms with E-state index in [0.29, 0.717) is 0 Å². The summed E-state index contributed by atoms with van der Waals surface area (Å²) in [4.78, 5) is 0. The van der Waals surface area contributed by atoms with E-state index in [1.807, 2.05) is 20.8 Å².